The number of carbonyl (C=O) groups excluding carboxylic acids is 4. The number of imide groups is 1. The first kappa shape index (κ1) is 20.4. The van der Waals surface area contributed by atoms with Crippen molar-refractivity contribution in [2.45, 2.75) is 17.2 Å². The average molecular weight is 460 g/mol. The molecule has 3 amide bonds. The van der Waals surface area contributed by atoms with Crippen molar-refractivity contribution < 1.29 is 23.9 Å². The molecule has 1 heterocycles. The van der Waals surface area contributed by atoms with Gasteiger partial charge in [0, 0.05) is 10.7 Å². The molecule has 3 fully saturated rings. The molecule has 2 saturated carbocycles. The summed E-state index contributed by atoms with van der Waals surface area (Å²) in [5.74, 6) is -3.60. The molecule has 7 nitrogen and oxygen atoms in total. The lowest BCUT2D eigenvalue weighted by molar-refractivity contribution is -0.154. The highest BCUT2D eigenvalue weighted by atomic mass is 35.5. The highest BCUT2D eigenvalue weighted by Crippen LogP contribution is 2.59. The van der Waals surface area contributed by atoms with Crippen LogP contribution in [0.25, 0.3) is 0 Å². The standard InChI is InChI=1S/C19H17Cl3N2O5/c20-8-2-1-3-9(4-8)23-12(25)7-29-13(26)6-24-18(27)14-10-5-11(15(14)19(24)28)17(22)16(10)21/h1-4,10-11,14-17H,5-7H2,(H,23,25)/t10-,11-,14-,15+,16-,17+/m1/s1. The first-order chi connectivity index (χ1) is 13.8. The summed E-state index contributed by atoms with van der Waals surface area (Å²) in [6.07, 6.45) is 0.650. The molecule has 1 aliphatic heterocycles. The maximum Gasteiger partial charge on any atom is 0.326 e. The Kier molecular flexibility index (Phi) is 5.48. The van der Waals surface area contributed by atoms with Crippen LogP contribution in [0.15, 0.2) is 24.3 Å². The number of fused-ring (bicyclic) bond motifs is 5. The van der Waals surface area contributed by atoms with Gasteiger partial charge in [0.2, 0.25) is 11.8 Å². The third-order valence-corrected chi connectivity index (χ3v) is 7.39. The number of hydrogen-bond donors (Lipinski definition) is 1. The Hall–Kier alpha value is -1.83. The topological polar surface area (TPSA) is 92.8 Å². The monoisotopic (exact) mass is 458 g/mol. The second-order valence-electron chi connectivity index (χ2n) is 7.49. The average Bonchev–Trinajstić information content (AvgIpc) is 3.27. The van der Waals surface area contributed by atoms with Gasteiger partial charge < -0.3 is 10.1 Å². The lowest BCUT2D eigenvalue weighted by atomic mass is 9.80. The predicted octanol–water partition coefficient (Wildman–Crippen LogP) is 2.29. The molecule has 2 bridgehead atoms. The van der Waals surface area contributed by atoms with Crippen LogP contribution in [0.2, 0.25) is 5.02 Å². The van der Waals surface area contributed by atoms with Crippen LogP contribution in [0.1, 0.15) is 6.42 Å². The molecule has 1 saturated heterocycles. The van der Waals surface area contributed by atoms with Gasteiger partial charge in [-0.25, -0.2) is 0 Å². The predicted molar refractivity (Wildman–Crippen MR) is 106 cm³/mol. The van der Waals surface area contributed by atoms with Gasteiger partial charge in [0.15, 0.2) is 6.61 Å². The van der Waals surface area contributed by atoms with Gasteiger partial charge in [-0.3, -0.25) is 24.1 Å². The summed E-state index contributed by atoms with van der Waals surface area (Å²) in [7, 11) is 0. The Morgan fingerprint density at radius 2 is 1.72 bits per heavy atom. The summed E-state index contributed by atoms with van der Waals surface area (Å²) in [5.41, 5.74) is 0.456. The fourth-order valence-corrected chi connectivity index (χ4v) is 5.73. The van der Waals surface area contributed by atoms with Gasteiger partial charge in [-0.2, -0.15) is 0 Å². The van der Waals surface area contributed by atoms with E-state index in [1.807, 2.05) is 0 Å². The molecule has 1 aromatic rings. The number of carbonyl (C=O) groups is 4. The summed E-state index contributed by atoms with van der Waals surface area (Å²) < 4.78 is 4.92. The number of anilines is 1. The molecule has 6 atom stereocenters. The van der Waals surface area contributed by atoms with E-state index in [9.17, 15) is 19.2 Å². The molecule has 3 aliphatic rings. The number of ether oxygens (including phenoxy) is 1. The number of rotatable bonds is 5. The van der Waals surface area contributed by atoms with E-state index in [1.165, 1.54) is 0 Å². The van der Waals surface area contributed by atoms with E-state index in [0.29, 0.717) is 17.1 Å². The molecule has 29 heavy (non-hydrogen) atoms. The molecule has 2 aliphatic carbocycles. The van der Waals surface area contributed by atoms with Crippen LogP contribution >= 0.6 is 34.8 Å². The molecule has 0 unspecified atom stereocenters. The van der Waals surface area contributed by atoms with Crippen molar-refractivity contribution in [2.24, 2.45) is 23.7 Å². The van der Waals surface area contributed by atoms with Crippen LogP contribution in [0.3, 0.4) is 0 Å². The minimum atomic E-state index is -0.842. The van der Waals surface area contributed by atoms with Crippen molar-refractivity contribution >= 4 is 64.2 Å². The van der Waals surface area contributed by atoms with E-state index in [1.54, 1.807) is 24.3 Å². The first-order valence-corrected chi connectivity index (χ1v) is 10.4. The molecular formula is C19H17Cl3N2O5. The summed E-state index contributed by atoms with van der Waals surface area (Å²) in [6.45, 7) is -1.08. The SMILES string of the molecule is O=C(COC(=O)CN1C(=O)[C@@H]2[C@H]3C[C@@H]([C@H](Cl)[C@@H]3Cl)[C@@H]2C1=O)Nc1cccc(Cl)c1. The van der Waals surface area contributed by atoms with Gasteiger partial charge in [-0.1, -0.05) is 17.7 Å². The second-order valence-corrected chi connectivity index (χ2v) is 8.93. The molecule has 0 radical (unpaired) electrons. The van der Waals surface area contributed by atoms with Crippen LogP contribution in [0.5, 0.6) is 0 Å². The Morgan fingerprint density at radius 3 is 2.31 bits per heavy atom. The zero-order valence-electron chi connectivity index (χ0n) is 15.0. The number of benzene rings is 1. The van der Waals surface area contributed by atoms with Crippen LogP contribution in [-0.2, 0) is 23.9 Å². The van der Waals surface area contributed by atoms with Crippen LogP contribution in [-0.4, -0.2) is 52.5 Å². The van der Waals surface area contributed by atoms with E-state index in [0.717, 1.165) is 4.90 Å². The number of esters is 1. The van der Waals surface area contributed by atoms with E-state index in [4.69, 9.17) is 39.5 Å². The van der Waals surface area contributed by atoms with Crippen molar-refractivity contribution in [3.05, 3.63) is 29.3 Å². The van der Waals surface area contributed by atoms with E-state index in [-0.39, 0.29) is 22.6 Å². The van der Waals surface area contributed by atoms with Gasteiger partial charge in [-0.15, -0.1) is 23.2 Å². The Bertz CT molecular complexity index is 862. The third kappa shape index (κ3) is 3.60. The van der Waals surface area contributed by atoms with Gasteiger partial charge in [0.25, 0.3) is 5.91 Å². The van der Waals surface area contributed by atoms with E-state index < -0.39 is 48.7 Å². The lowest BCUT2D eigenvalue weighted by Crippen LogP contribution is -2.38. The van der Waals surface area contributed by atoms with Crippen molar-refractivity contribution in [3.8, 4) is 0 Å². The normalized spacial score (nSPS) is 32.4. The Labute approximate surface area is 181 Å². The summed E-state index contributed by atoms with van der Waals surface area (Å²) in [4.78, 5) is 50.3. The van der Waals surface area contributed by atoms with Crippen LogP contribution < -0.4 is 5.32 Å². The summed E-state index contributed by atoms with van der Waals surface area (Å²) >= 11 is 18.4. The van der Waals surface area contributed by atoms with Crippen molar-refractivity contribution in [3.63, 3.8) is 0 Å². The van der Waals surface area contributed by atoms with Crippen molar-refractivity contribution in [1.29, 1.82) is 0 Å². The largest absolute Gasteiger partial charge is 0.454 e. The molecule has 154 valence electrons. The minimum absolute atomic E-state index is 0.157. The molecule has 1 aromatic carbocycles. The first-order valence-electron chi connectivity index (χ1n) is 9.12. The highest BCUT2D eigenvalue weighted by molar-refractivity contribution is 6.31. The fraction of sp³-hybridized carbons (Fsp3) is 0.474. The Morgan fingerprint density at radius 1 is 1.10 bits per heavy atom. The molecule has 10 heteroatoms. The summed E-state index contributed by atoms with van der Waals surface area (Å²) in [5, 5.41) is 2.26. The molecule has 4 rings (SSSR count). The maximum atomic E-state index is 12.7. The number of likely N-dealkylation sites (tertiary alicyclic amines) is 1. The summed E-state index contributed by atoms with van der Waals surface area (Å²) in [6, 6.07) is 6.50. The maximum absolute atomic E-state index is 12.7. The number of nitrogens with zero attached hydrogens (tertiary/aromatic N) is 1. The zero-order valence-corrected chi connectivity index (χ0v) is 17.3. The number of halogens is 3. The highest BCUT2D eigenvalue weighted by Gasteiger charge is 2.66. The van der Waals surface area contributed by atoms with Crippen LogP contribution in [0.4, 0.5) is 5.69 Å². The van der Waals surface area contributed by atoms with Gasteiger partial charge in [-0.05, 0) is 36.5 Å². The zero-order chi connectivity index (χ0) is 20.9. The molecular weight excluding hydrogens is 443 g/mol. The lowest BCUT2D eigenvalue weighted by Gasteiger charge is -2.28. The van der Waals surface area contributed by atoms with Crippen molar-refractivity contribution in [2.75, 3.05) is 18.5 Å². The number of hydrogen-bond acceptors (Lipinski definition) is 5. The number of alkyl halides is 2. The second kappa shape index (κ2) is 7.78. The smallest absolute Gasteiger partial charge is 0.326 e. The Balaban J connectivity index is 1.32. The number of nitrogens with one attached hydrogen (secondary N) is 1. The molecule has 0 aromatic heterocycles. The van der Waals surface area contributed by atoms with Gasteiger partial charge in [0.05, 0.1) is 22.6 Å². The van der Waals surface area contributed by atoms with E-state index in [2.05, 4.69) is 5.32 Å². The van der Waals surface area contributed by atoms with Gasteiger partial charge in [0.1, 0.15) is 6.54 Å². The van der Waals surface area contributed by atoms with Crippen molar-refractivity contribution in [1.82, 2.24) is 4.90 Å². The quantitative estimate of drug-likeness (QED) is 0.414. The van der Waals surface area contributed by atoms with Crippen LogP contribution in [0, 0.1) is 23.7 Å². The van der Waals surface area contributed by atoms with Gasteiger partial charge >= 0.3 is 5.97 Å². The van der Waals surface area contributed by atoms with E-state index >= 15 is 0 Å². The minimum Gasteiger partial charge on any atom is -0.454 e. The molecule has 0 spiro atoms. The fourth-order valence-electron chi connectivity index (χ4n) is 4.65. The third-order valence-electron chi connectivity index (χ3n) is 5.84. The molecule has 1 N–H and O–H groups in total. The number of amides is 3.